The highest BCUT2D eigenvalue weighted by Crippen LogP contribution is 2.30. The first-order valence-corrected chi connectivity index (χ1v) is 12.7. The number of carbonyl (C=O) groups is 2. The summed E-state index contributed by atoms with van der Waals surface area (Å²) in [5.41, 5.74) is 5.45. The van der Waals surface area contributed by atoms with Gasteiger partial charge in [-0.2, -0.15) is 0 Å². The maximum atomic E-state index is 13.4. The third-order valence-electron chi connectivity index (χ3n) is 7.09. The van der Waals surface area contributed by atoms with Gasteiger partial charge in [0.05, 0.1) is 11.2 Å². The number of nitrogens with zero attached hydrogens (tertiary/aromatic N) is 2. The highest BCUT2D eigenvalue weighted by Gasteiger charge is 2.28. The molecule has 0 aliphatic carbocycles. The molecule has 0 radical (unpaired) electrons. The zero-order valence-corrected chi connectivity index (χ0v) is 20.6. The lowest BCUT2D eigenvalue weighted by molar-refractivity contribution is -0.137. The summed E-state index contributed by atoms with van der Waals surface area (Å²) < 4.78 is 13.3. The number of fused-ring (bicyclic) bond motifs is 1. The molecule has 1 aliphatic heterocycles. The number of amides is 1. The van der Waals surface area contributed by atoms with E-state index in [1.54, 1.807) is 12.1 Å². The molecule has 1 aliphatic rings. The van der Waals surface area contributed by atoms with Crippen molar-refractivity contribution in [2.45, 2.75) is 38.0 Å². The number of aliphatic carboxylic acids is 1. The molecule has 3 aromatic carbocycles. The normalized spacial score (nSPS) is 15.3. The van der Waals surface area contributed by atoms with Crippen LogP contribution in [0.2, 0.25) is 0 Å². The van der Waals surface area contributed by atoms with Crippen molar-refractivity contribution in [3.8, 4) is 11.3 Å². The Bertz CT molecular complexity index is 1420. The van der Waals surface area contributed by atoms with Crippen molar-refractivity contribution in [1.29, 1.82) is 0 Å². The average molecular weight is 497 g/mol. The summed E-state index contributed by atoms with van der Waals surface area (Å²) in [5, 5.41) is 9.88. The van der Waals surface area contributed by atoms with Crippen LogP contribution in [-0.2, 0) is 11.2 Å². The minimum Gasteiger partial charge on any atom is -0.481 e. The molecule has 1 N–H and O–H groups in total. The number of unbranched alkanes of at least 4 members (excludes halogenated alkanes) is 1. The maximum absolute atomic E-state index is 13.4. The van der Waals surface area contributed by atoms with Crippen LogP contribution in [0.15, 0.2) is 78.9 Å². The molecule has 4 aromatic rings. The number of likely N-dealkylation sites (tertiary alicyclic amines) is 1. The number of hydrogen-bond donors (Lipinski definition) is 1. The highest BCUT2D eigenvalue weighted by molar-refractivity contribution is 5.98. The molecular formula is C31H29FN2O3. The molecule has 1 saturated heterocycles. The molecule has 1 fully saturated rings. The van der Waals surface area contributed by atoms with Gasteiger partial charge in [0.15, 0.2) is 0 Å². The SMILES string of the molecule is O=C(O)CCCCc1cc2cc(C(=O)N3CC[C@H](c4ccc(F)cc4)C3)ccc2nc1-c1ccccc1. The summed E-state index contributed by atoms with van der Waals surface area (Å²) in [4.78, 5) is 31.1. The number of aryl methyl sites for hydroxylation is 1. The van der Waals surface area contributed by atoms with Crippen LogP contribution >= 0.6 is 0 Å². The molecule has 0 saturated carbocycles. The average Bonchev–Trinajstić information content (AvgIpc) is 3.41. The van der Waals surface area contributed by atoms with Crippen LogP contribution in [0.5, 0.6) is 0 Å². The smallest absolute Gasteiger partial charge is 0.303 e. The van der Waals surface area contributed by atoms with Crippen LogP contribution < -0.4 is 0 Å². The van der Waals surface area contributed by atoms with Crippen molar-refractivity contribution in [1.82, 2.24) is 9.88 Å². The Morgan fingerprint density at radius 2 is 1.76 bits per heavy atom. The molecule has 5 nitrogen and oxygen atoms in total. The Morgan fingerprint density at radius 3 is 2.51 bits per heavy atom. The van der Waals surface area contributed by atoms with Crippen molar-refractivity contribution < 1.29 is 19.1 Å². The molecule has 1 amide bonds. The molecule has 188 valence electrons. The largest absolute Gasteiger partial charge is 0.481 e. The van der Waals surface area contributed by atoms with E-state index in [0.29, 0.717) is 31.5 Å². The van der Waals surface area contributed by atoms with Gasteiger partial charge in [-0.3, -0.25) is 9.59 Å². The number of carbonyl (C=O) groups excluding carboxylic acids is 1. The number of pyridine rings is 1. The highest BCUT2D eigenvalue weighted by atomic mass is 19.1. The quantitative estimate of drug-likeness (QED) is 0.284. The summed E-state index contributed by atoms with van der Waals surface area (Å²) >= 11 is 0. The zero-order valence-electron chi connectivity index (χ0n) is 20.6. The van der Waals surface area contributed by atoms with E-state index in [0.717, 1.165) is 46.1 Å². The van der Waals surface area contributed by atoms with E-state index in [-0.39, 0.29) is 24.1 Å². The second-order valence-electron chi connectivity index (χ2n) is 9.66. The third-order valence-corrected chi connectivity index (χ3v) is 7.09. The number of rotatable bonds is 8. The Balaban J connectivity index is 1.39. The molecule has 0 spiro atoms. The van der Waals surface area contributed by atoms with Crippen molar-refractivity contribution in [2.24, 2.45) is 0 Å². The van der Waals surface area contributed by atoms with Gasteiger partial charge in [0.25, 0.3) is 5.91 Å². The molecule has 37 heavy (non-hydrogen) atoms. The first-order valence-electron chi connectivity index (χ1n) is 12.7. The first kappa shape index (κ1) is 24.6. The number of carboxylic acid groups (broad SMARTS) is 1. The number of hydrogen-bond acceptors (Lipinski definition) is 3. The lowest BCUT2D eigenvalue weighted by Gasteiger charge is -2.18. The fraction of sp³-hybridized carbons (Fsp3) is 0.258. The van der Waals surface area contributed by atoms with Gasteiger partial charge >= 0.3 is 5.97 Å². The van der Waals surface area contributed by atoms with E-state index in [4.69, 9.17) is 10.1 Å². The number of benzene rings is 3. The van der Waals surface area contributed by atoms with Crippen molar-refractivity contribution in [3.63, 3.8) is 0 Å². The van der Waals surface area contributed by atoms with Crippen LogP contribution in [0.1, 0.15) is 53.1 Å². The van der Waals surface area contributed by atoms with Gasteiger partial charge in [-0.1, -0.05) is 42.5 Å². The second-order valence-corrected chi connectivity index (χ2v) is 9.66. The summed E-state index contributed by atoms with van der Waals surface area (Å²) in [6, 6.07) is 24.3. The summed E-state index contributed by atoms with van der Waals surface area (Å²) in [6.07, 6.45) is 3.06. The Labute approximate surface area is 215 Å². The van der Waals surface area contributed by atoms with Crippen LogP contribution in [0.3, 0.4) is 0 Å². The molecule has 1 aromatic heterocycles. The van der Waals surface area contributed by atoms with Crippen LogP contribution in [-0.4, -0.2) is 40.0 Å². The summed E-state index contributed by atoms with van der Waals surface area (Å²) in [7, 11) is 0. The lowest BCUT2D eigenvalue weighted by atomic mass is 9.98. The first-order chi connectivity index (χ1) is 18.0. The van der Waals surface area contributed by atoms with Gasteiger partial charge in [0.1, 0.15) is 5.82 Å². The van der Waals surface area contributed by atoms with Gasteiger partial charge in [-0.25, -0.2) is 9.37 Å². The van der Waals surface area contributed by atoms with Crippen LogP contribution in [0.25, 0.3) is 22.2 Å². The van der Waals surface area contributed by atoms with Gasteiger partial charge in [0, 0.05) is 41.9 Å². The van der Waals surface area contributed by atoms with Crippen LogP contribution in [0, 0.1) is 5.82 Å². The van der Waals surface area contributed by atoms with E-state index < -0.39 is 5.97 Å². The van der Waals surface area contributed by atoms with E-state index in [1.807, 2.05) is 53.4 Å². The second kappa shape index (κ2) is 10.9. The number of carboxylic acids is 1. The molecular weight excluding hydrogens is 467 g/mol. The Hall–Kier alpha value is -4.06. The zero-order chi connectivity index (χ0) is 25.8. The molecule has 1 atom stereocenters. The van der Waals surface area contributed by atoms with Crippen molar-refractivity contribution in [2.75, 3.05) is 13.1 Å². The molecule has 6 heteroatoms. The van der Waals surface area contributed by atoms with Gasteiger partial charge in [-0.15, -0.1) is 0 Å². The van der Waals surface area contributed by atoms with Crippen LogP contribution in [0.4, 0.5) is 4.39 Å². The lowest BCUT2D eigenvalue weighted by Crippen LogP contribution is -2.28. The molecule has 0 bridgehead atoms. The molecule has 5 rings (SSSR count). The van der Waals surface area contributed by atoms with Crippen molar-refractivity contribution in [3.05, 3.63) is 101 Å². The predicted molar refractivity (Wildman–Crippen MR) is 142 cm³/mol. The standard InChI is InChI=1S/C31H29FN2O3/c32-27-13-10-21(11-14-27)25-16-17-34(20-25)31(37)24-12-15-28-26(19-24)18-23(8-4-5-9-29(35)36)30(33-28)22-6-2-1-3-7-22/h1-3,6-7,10-15,18-19,25H,4-5,8-9,16-17,20H2,(H,35,36)/t25-/m0/s1. The molecule has 2 heterocycles. The fourth-order valence-corrected chi connectivity index (χ4v) is 5.12. The topological polar surface area (TPSA) is 70.5 Å². The summed E-state index contributed by atoms with van der Waals surface area (Å²) in [6.45, 7) is 1.28. The number of halogens is 1. The van der Waals surface area contributed by atoms with Crippen molar-refractivity contribution >= 4 is 22.8 Å². The van der Waals surface area contributed by atoms with E-state index in [2.05, 4.69) is 6.07 Å². The number of aromatic nitrogens is 1. The monoisotopic (exact) mass is 496 g/mol. The summed E-state index contributed by atoms with van der Waals surface area (Å²) in [5.74, 6) is -0.845. The van der Waals surface area contributed by atoms with E-state index in [1.165, 1.54) is 12.1 Å². The fourth-order valence-electron chi connectivity index (χ4n) is 5.12. The minimum absolute atomic E-state index is 0.0124. The third kappa shape index (κ3) is 5.69. The van der Waals surface area contributed by atoms with Gasteiger partial charge in [-0.05, 0) is 73.2 Å². The Kier molecular flexibility index (Phi) is 7.26. The maximum Gasteiger partial charge on any atom is 0.303 e. The molecule has 0 unspecified atom stereocenters. The van der Waals surface area contributed by atoms with E-state index >= 15 is 0 Å². The van der Waals surface area contributed by atoms with Gasteiger partial charge < -0.3 is 10.0 Å². The Morgan fingerprint density at radius 1 is 0.973 bits per heavy atom. The minimum atomic E-state index is -0.786. The van der Waals surface area contributed by atoms with E-state index in [9.17, 15) is 14.0 Å². The van der Waals surface area contributed by atoms with Gasteiger partial charge in [0.2, 0.25) is 0 Å². The predicted octanol–water partition coefficient (Wildman–Crippen LogP) is 6.47.